The zero-order valence-electron chi connectivity index (χ0n) is 11.2. The fraction of sp³-hybridized carbons (Fsp3) is 0.125. The number of nitriles is 1. The number of halogens is 1. The molecule has 20 heavy (non-hydrogen) atoms. The van der Waals surface area contributed by atoms with Crippen LogP contribution in [0.15, 0.2) is 42.5 Å². The van der Waals surface area contributed by atoms with Crippen molar-refractivity contribution in [3.8, 4) is 6.07 Å². The molecule has 0 unspecified atom stereocenters. The zero-order chi connectivity index (χ0) is 14.7. The summed E-state index contributed by atoms with van der Waals surface area (Å²) in [5, 5.41) is 9.51. The Morgan fingerprint density at radius 3 is 2.60 bits per heavy atom. The third kappa shape index (κ3) is 2.66. The number of carbonyl (C=O) groups excluding carboxylic acids is 1. The van der Waals surface area contributed by atoms with E-state index in [0.717, 1.165) is 5.56 Å². The monoisotopic (exact) mass is 284 g/mol. The predicted molar refractivity (Wildman–Crippen MR) is 80.1 cm³/mol. The van der Waals surface area contributed by atoms with E-state index in [4.69, 9.17) is 16.9 Å². The van der Waals surface area contributed by atoms with Gasteiger partial charge in [-0.3, -0.25) is 4.79 Å². The van der Waals surface area contributed by atoms with E-state index >= 15 is 0 Å². The van der Waals surface area contributed by atoms with Crippen LogP contribution in [0.5, 0.6) is 0 Å². The highest BCUT2D eigenvalue weighted by molar-refractivity contribution is 6.34. The second-order valence-electron chi connectivity index (χ2n) is 4.48. The fourth-order valence-corrected chi connectivity index (χ4v) is 2.26. The van der Waals surface area contributed by atoms with Crippen molar-refractivity contribution in [1.29, 1.82) is 5.26 Å². The minimum Gasteiger partial charge on any atom is -0.310 e. The Kier molecular flexibility index (Phi) is 4.07. The van der Waals surface area contributed by atoms with Crippen LogP contribution >= 0.6 is 11.6 Å². The Morgan fingerprint density at radius 2 is 1.95 bits per heavy atom. The van der Waals surface area contributed by atoms with Crippen molar-refractivity contribution in [2.24, 2.45) is 0 Å². The smallest absolute Gasteiger partial charge is 0.259 e. The lowest BCUT2D eigenvalue weighted by Gasteiger charge is -2.19. The van der Waals surface area contributed by atoms with Gasteiger partial charge in [0, 0.05) is 7.05 Å². The molecular weight excluding hydrogens is 272 g/mol. The van der Waals surface area contributed by atoms with Gasteiger partial charge in [-0.15, -0.1) is 0 Å². The number of amides is 1. The molecular formula is C16H13ClN2O. The summed E-state index contributed by atoms with van der Waals surface area (Å²) in [5.41, 5.74) is 2.43. The first-order chi connectivity index (χ1) is 9.54. The average molecular weight is 285 g/mol. The molecule has 0 radical (unpaired) electrons. The van der Waals surface area contributed by atoms with Crippen molar-refractivity contribution in [2.45, 2.75) is 6.92 Å². The molecule has 0 aliphatic carbocycles. The molecule has 0 bridgehead atoms. The van der Waals surface area contributed by atoms with Gasteiger partial charge in [0.25, 0.3) is 5.91 Å². The molecule has 0 spiro atoms. The van der Waals surface area contributed by atoms with Gasteiger partial charge in [-0.1, -0.05) is 29.8 Å². The Hall–Kier alpha value is -2.31. The standard InChI is InChI=1S/C16H13ClN2O/c1-11-7-8-13(14(17)9-11)16(20)19(2)15-6-4-3-5-12(15)10-18/h3-9H,1-2H3. The van der Waals surface area contributed by atoms with E-state index in [2.05, 4.69) is 6.07 Å². The van der Waals surface area contributed by atoms with Crippen molar-refractivity contribution in [1.82, 2.24) is 0 Å². The second kappa shape index (κ2) is 5.77. The first-order valence-corrected chi connectivity index (χ1v) is 6.45. The van der Waals surface area contributed by atoms with E-state index < -0.39 is 0 Å². The maximum Gasteiger partial charge on any atom is 0.259 e. The molecule has 0 N–H and O–H groups in total. The highest BCUT2D eigenvalue weighted by atomic mass is 35.5. The van der Waals surface area contributed by atoms with Crippen LogP contribution in [-0.2, 0) is 0 Å². The molecule has 4 heteroatoms. The number of hydrogen-bond donors (Lipinski definition) is 0. The van der Waals surface area contributed by atoms with Gasteiger partial charge >= 0.3 is 0 Å². The minimum atomic E-state index is -0.238. The average Bonchev–Trinajstić information content (AvgIpc) is 2.45. The highest BCUT2D eigenvalue weighted by Crippen LogP contribution is 2.24. The van der Waals surface area contributed by atoms with Crippen LogP contribution in [0.2, 0.25) is 5.02 Å². The summed E-state index contributed by atoms with van der Waals surface area (Å²) in [4.78, 5) is 13.9. The van der Waals surface area contributed by atoms with Crippen molar-refractivity contribution in [2.75, 3.05) is 11.9 Å². The van der Waals surface area contributed by atoms with Gasteiger partial charge in [-0.25, -0.2) is 0 Å². The summed E-state index contributed by atoms with van der Waals surface area (Å²) >= 11 is 6.12. The normalized spacial score (nSPS) is 9.90. The summed E-state index contributed by atoms with van der Waals surface area (Å²) in [7, 11) is 1.63. The SMILES string of the molecule is Cc1ccc(C(=O)N(C)c2ccccc2C#N)c(Cl)c1. The van der Waals surface area contributed by atoms with E-state index in [1.54, 1.807) is 43.4 Å². The van der Waals surface area contributed by atoms with Crippen LogP contribution in [0.1, 0.15) is 21.5 Å². The molecule has 0 heterocycles. The van der Waals surface area contributed by atoms with Gasteiger partial charge in [0.05, 0.1) is 21.8 Å². The molecule has 2 aromatic carbocycles. The third-order valence-corrected chi connectivity index (χ3v) is 3.36. The number of anilines is 1. The van der Waals surface area contributed by atoms with Crippen molar-refractivity contribution in [3.05, 3.63) is 64.2 Å². The maximum atomic E-state index is 12.5. The Balaban J connectivity index is 2.41. The first-order valence-electron chi connectivity index (χ1n) is 6.08. The van der Waals surface area contributed by atoms with Crippen molar-refractivity contribution >= 4 is 23.2 Å². The van der Waals surface area contributed by atoms with Crippen LogP contribution in [0, 0.1) is 18.3 Å². The number of para-hydroxylation sites is 1. The lowest BCUT2D eigenvalue weighted by atomic mass is 10.1. The second-order valence-corrected chi connectivity index (χ2v) is 4.88. The van der Waals surface area contributed by atoms with Crippen LogP contribution in [-0.4, -0.2) is 13.0 Å². The maximum absolute atomic E-state index is 12.5. The van der Waals surface area contributed by atoms with Gasteiger partial charge < -0.3 is 4.90 Å². The summed E-state index contributed by atoms with van der Waals surface area (Å²) in [5.74, 6) is -0.238. The third-order valence-electron chi connectivity index (χ3n) is 3.05. The topological polar surface area (TPSA) is 44.1 Å². The van der Waals surface area contributed by atoms with E-state index in [1.165, 1.54) is 4.90 Å². The van der Waals surface area contributed by atoms with Crippen LogP contribution < -0.4 is 4.90 Å². The molecule has 0 saturated heterocycles. The van der Waals surface area contributed by atoms with Crippen LogP contribution in [0.25, 0.3) is 0 Å². The van der Waals surface area contributed by atoms with E-state index in [-0.39, 0.29) is 5.91 Å². The minimum absolute atomic E-state index is 0.238. The van der Waals surface area contributed by atoms with Gasteiger partial charge in [0.2, 0.25) is 0 Å². The van der Waals surface area contributed by atoms with Gasteiger partial charge in [-0.2, -0.15) is 5.26 Å². The number of aryl methyl sites for hydroxylation is 1. The molecule has 2 rings (SSSR count). The summed E-state index contributed by atoms with van der Waals surface area (Å²) < 4.78 is 0. The molecule has 2 aromatic rings. The Bertz CT molecular complexity index is 704. The largest absolute Gasteiger partial charge is 0.310 e. The highest BCUT2D eigenvalue weighted by Gasteiger charge is 2.18. The van der Waals surface area contributed by atoms with Crippen LogP contribution in [0.3, 0.4) is 0 Å². The molecule has 0 aliphatic heterocycles. The molecule has 0 atom stereocenters. The van der Waals surface area contributed by atoms with Gasteiger partial charge in [0.1, 0.15) is 6.07 Å². The van der Waals surface area contributed by atoms with E-state index in [0.29, 0.717) is 21.8 Å². The van der Waals surface area contributed by atoms with Gasteiger partial charge in [0.15, 0.2) is 0 Å². The first kappa shape index (κ1) is 14.1. The Morgan fingerprint density at radius 1 is 1.25 bits per heavy atom. The number of rotatable bonds is 2. The van der Waals surface area contributed by atoms with Crippen LogP contribution in [0.4, 0.5) is 5.69 Å². The summed E-state index contributed by atoms with van der Waals surface area (Å²) in [6.07, 6.45) is 0. The molecule has 3 nitrogen and oxygen atoms in total. The quantitative estimate of drug-likeness (QED) is 0.842. The molecule has 0 fully saturated rings. The predicted octanol–water partition coefficient (Wildman–Crippen LogP) is 3.80. The zero-order valence-corrected chi connectivity index (χ0v) is 12.0. The lowest BCUT2D eigenvalue weighted by Crippen LogP contribution is -2.27. The molecule has 0 aliphatic rings. The van der Waals surface area contributed by atoms with Crippen molar-refractivity contribution < 1.29 is 4.79 Å². The molecule has 1 amide bonds. The fourth-order valence-electron chi connectivity index (χ4n) is 1.94. The summed E-state index contributed by atoms with van der Waals surface area (Å²) in [6, 6.07) is 14.3. The number of hydrogen-bond acceptors (Lipinski definition) is 2. The molecule has 0 saturated carbocycles. The molecule has 100 valence electrons. The summed E-state index contributed by atoms with van der Waals surface area (Å²) in [6.45, 7) is 1.91. The van der Waals surface area contributed by atoms with Gasteiger partial charge in [-0.05, 0) is 36.8 Å². The number of carbonyl (C=O) groups is 1. The number of nitrogens with zero attached hydrogens (tertiary/aromatic N) is 2. The Labute approximate surface area is 123 Å². The molecule has 0 aromatic heterocycles. The van der Waals surface area contributed by atoms with E-state index in [1.807, 2.05) is 13.0 Å². The number of benzene rings is 2. The van der Waals surface area contributed by atoms with E-state index in [9.17, 15) is 4.79 Å². The van der Waals surface area contributed by atoms with Crippen molar-refractivity contribution in [3.63, 3.8) is 0 Å². The lowest BCUT2D eigenvalue weighted by molar-refractivity contribution is 0.0993.